The zero-order valence-electron chi connectivity index (χ0n) is 22.6. The Morgan fingerprint density at radius 2 is 1.32 bits per heavy atom. The maximum Gasteiger partial charge on any atom is 0.235 e. The zero-order chi connectivity index (χ0) is 27.1. The summed E-state index contributed by atoms with van der Waals surface area (Å²) >= 11 is 0. The number of hydrogen-bond acceptors (Lipinski definition) is 3. The van der Waals surface area contributed by atoms with E-state index >= 15 is 0 Å². The smallest absolute Gasteiger partial charge is 0.235 e. The molecule has 0 saturated carbocycles. The first-order chi connectivity index (χ1) is 19.8. The Balaban J connectivity index is 0.00000130. The minimum Gasteiger partial charge on any atom is -0.456 e. The largest absolute Gasteiger partial charge is 0.456 e. The molecule has 0 atom stereocenters. The summed E-state index contributed by atoms with van der Waals surface area (Å²) in [7, 11) is 0. The number of fused-ring (bicyclic) bond motifs is 7. The molecule has 0 radical (unpaired) electrons. The second-order valence-electron chi connectivity index (χ2n) is 9.75. The lowest BCUT2D eigenvalue weighted by Crippen LogP contribution is -2.03. The molecule has 1 aliphatic rings. The van der Waals surface area contributed by atoms with Gasteiger partial charge in [0.15, 0.2) is 0 Å². The van der Waals surface area contributed by atoms with E-state index in [0.29, 0.717) is 5.95 Å². The number of aromatic nitrogens is 3. The van der Waals surface area contributed by atoms with Crippen LogP contribution < -0.4 is 0 Å². The molecule has 0 N–H and O–H groups in total. The number of rotatable bonds is 3. The second kappa shape index (κ2) is 9.97. The van der Waals surface area contributed by atoms with E-state index in [2.05, 4.69) is 83.4 Å². The average molecular weight is 520 g/mol. The molecule has 0 spiro atoms. The summed E-state index contributed by atoms with van der Waals surface area (Å²) in [6, 6.07) is 35.6. The normalized spacial score (nSPS) is 12.4. The molecule has 4 nitrogen and oxygen atoms in total. The van der Waals surface area contributed by atoms with Gasteiger partial charge in [-0.2, -0.15) is 0 Å². The van der Waals surface area contributed by atoms with E-state index in [1.807, 2.05) is 50.2 Å². The summed E-state index contributed by atoms with van der Waals surface area (Å²) in [6.45, 7) is 4.00. The van der Waals surface area contributed by atoms with Crippen molar-refractivity contribution < 1.29 is 4.42 Å². The Labute approximate surface area is 233 Å². The van der Waals surface area contributed by atoms with Gasteiger partial charge in [-0.3, -0.25) is 4.57 Å². The summed E-state index contributed by atoms with van der Waals surface area (Å²) in [5, 5.41) is 3.44. The van der Waals surface area contributed by atoms with Crippen molar-refractivity contribution in [2.24, 2.45) is 0 Å². The number of allylic oxidation sites excluding steroid dienone is 1. The van der Waals surface area contributed by atoms with E-state index in [9.17, 15) is 0 Å². The third-order valence-electron chi connectivity index (χ3n) is 7.51. The Morgan fingerprint density at radius 1 is 0.675 bits per heavy atom. The summed E-state index contributed by atoms with van der Waals surface area (Å²) in [5.41, 5.74) is 8.23. The molecule has 0 unspecified atom stereocenters. The molecule has 1 aliphatic carbocycles. The van der Waals surface area contributed by atoms with Crippen LogP contribution in [0.1, 0.15) is 31.6 Å². The van der Waals surface area contributed by atoms with Crippen molar-refractivity contribution in [1.29, 1.82) is 0 Å². The van der Waals surface area contributed by atoms with Crippen molar-refractivity contribution >= 4 is 38.9 Å². The van der Waals surface area contributed by atoms with Gasteiger partial charge in [-0.05, 0) is 43.2 Å². The molecule has 8 rings (SSSR count). The van der Waals surface area contributed by atoms with Crippen molar-refractivity contribution in [3.63, 3.8) is 0 Å². The van der Waals surface area contributed by atoms with Crippen LogP contribution in [0.5, 0.6) is 0 Å². The lowest BCUT2D eigenvalue weighted by Gasteiger charge is -2.11. The van der Waals surface area contributed by atoms with Crippen molar-refractivity contribution in [1.82, 2.24) is 14.5 Å². The lowest BCUT2D eigenvalue weighted by atomic mass is 10.00. The molecular formula is C36H29N3O. The first-order valence-corrected chi connectivity index (χ1v) is 14.0. The van der Waals surface area contributed by atoms with Gasteiger partial charge in [0.1, 0.15) is 11.3 Å². The van der Waals surface area contributed by atoms with Crippen LogP contribution in [-0.2, 0) is 6.42 Å². The molecule has 194 valence electrons. The summed E-state index contributed by atoms with van der Waals surface area (Å²) in [4.78, 5) is 10.3. The predicted octanol–water partition coefficient (Wildman–Crippen LogP) is 9.64. The van der Waals surface area contributed by atoms with Crippen LogP contribution in [0.25, 0.3) is 67.3 Å². The van der Waals surface area contributed by atoms with E-state index in [0.717, 1.165) is 68.5 Å². The van der Waals surface area contributed by atoms with Crippen LogP contribution in [-0.4, -0.2) is 14.5 Å². The third-order valence-corrected chi connectivity index (χ3v) is 7.51. The van der Waals surface area contributed by atoms with E-state index in [-0.39, 0.29) is 0 Å². The highest BCUT2D eigenvalue weighted by Gasteiger charge is 2.22. The van der Waals surface area contributed by atoms with Gasteiger partial charge in [-0.1, -0.05) is 98.8 Å². The maximum atomic E-state index is 6.51. The van der Waals surface area contributed by atoms with Crippen LogP contribution in [0.3, 0.4) is 0 Å². The highest BCUT2D eigenvalue weighted by molar-refractivity contribution is 6.20. The van der Waals surface area contributed by atoms with Crippen LogP contribution in [0.4, 0.5) is 0 Å². The van der Waals surface area contributed by atoms with Crippen LogP contribution >= 0.6 is 0 Å². The molecule has 7 aromatic rings. The van der Waals surface area contributed by atoms with Gasteiger partial charge < -0.3 is 4.42 Å². The fourth-order valence-electron chi connectivity index (χ4n) is 5.75. The van der Waals surface area contributed by atoms with Crippen molar-refractivity contribution in [3.8, 4) is 28.5 Å². The van der Waals surface area contributed by atoms with Gasteiger partial charge in [0, 0.05) is 27.5 Å². The van der Waals surface area contributed by atoms with Crippen molar-refractivity contribution in [2.45, 2.75) is 26.7 Å². The van der Waals surface area contributed by atoms with E-state index in [4.69, 9.17) is 14.4 Å². The maximum absolute atomic E-state index is 6.51. The average Bonchev–Trinajstić information content (AvgIpc) is 3.58. The van der Waals surface area contributed by atoms with Gasteiger partial charge in [0.25, 0.3) is 0 Å². The standard InChI is InChI=1S/C34H23N3O.C2H6/c1-3-11-22(12-4-1)27-21-28(23-13-5-2-6-14-23)36-34(35-27)37-29-17-9-7-16-26(29)32-30(37)20-19-25-24-15-8-10-18-31(24)38-33(25)32;1-2/h1-7,9-14,16-21H,8,15H2;1-2H3. The quantitative estimate of drug-likeness (QED) is 0.233. The van der Waals surface area contributed by atoms with Crippen molar-refractivity contribution in [2.75, 3.05) is 0 Å². The fourth-order valence-corrected chi connectivity index (χ4v) is 5.75. The minimum absolute atomic E-state index is 0.645. The molecule has 3 aromatic heterocycles. The SMILES string of the molecule is C1=Cc2oc3c(ccc4c3c3ccccc3n4-c3nc(-c4ccccc4)cc(-c4ccccc4)n3)c2CC1.CC. The Morgan fingerprint density at radius 3 is 2.02 bits per heavy atom. The van der Waals surface area contributed by atoms with E-state index in [1.54, 1.807) is 0 Å². The predicted molar refractivity (Wildman–Crippen MR) is 166 cm³/mol. The Bertz CT molecular complexity index is 1960. The first-order valence-electron chi connectivity index (χ1n) is 14.0. The van der Waals surface area contributed by atoms with Gasteiger partial charge in [-0.15, -0.1) is 0 Å². The highest BCUT2D eigenvalue weighted by Crippen LogP contribution is 2.41. The highest BCUT2D eigenvalue weighted by atomic mass is 16.3. The number of nitrogens with zero attached hydrogens (tertiary/aromatic N) is 3. The van der Waals surface area contributed by atoms with E-state index in [1.165, 1.54) is 10.9 Å². The first kappa shape index (κ1) is 24.1. The van der Waals surface area contributed by atoms with Crippen LogP contribution in [0.2, 0.25) is 0 Å². The number of aryl methyl sites for hydroxylation is 1. The number of furan rings is 1. The number of benzene rings is 4. The number of hydrogen-bond donors (Lipinski definition) is 0. The Kier molecular flexibility index (Phi) is 6.01. The van der Waals surface area contributed by atoms with Crippen LogP contribution in [0, 0.1) is 0 Å². The van der Waals surface area contributed by atoms with Gasteiger partial charge in [0.05, 0.1) is 27.8 Å². The molecule has 0 amide bonds. The molecule has 4 heteroatoms. The molecule has 0 saturated heterocycles. The molecular weight excluding hydrogens is 490 g/mol. The van der Waals surface area contributed by atoms with Gasteiger partial charge >= 0.3 is 0 Å². The second-order valence-corrected chi connectivity index (χ2v) is 9.75. The van der Waals surface area contributed by atoms with Crippen LogP contribution in [0.15, 0.2) is 114 Å². The Hall–Kier alpha value is -4.96. The van der Waals surface area contributed by atoms with Gasteiger partial charge in [0.2, 0.25) is 5.95 Å². The summed E-state index contributed by atoms with van der Waals surface area (Å²) in [6.07, 6.45) is 6.36. The fraction of sp³-hybridized carbons (Fsp3) is 0.111. The third kappa shape index (κ3) is 3.84. The summed E-state index contributed by atoms with van der Waals surface area (Å²) < 4.78 is 8.69. The van der Waals surface area contributed by atoms with Gasteiger partial charge in [-0.25, -0.2) is 9.97 Å². The summed E-state index contributed by atoms with van der Waals surface area (Å²) in [5.74, 6) is 1.62. The number of para-hydroxylation sites is 1. The lowest BCUT2D eigenvalue weighted by molar-refractivity contribution is 0.598. The molecule has 0 aliphatic heterocycles. The molecule has 3 heterocycles. The molecule has 0 bridgehead atoms. The monoisotopic (exact) mass is 519 g/mol. The minimum atomic E-state index is 0.645. The molecule has 0 fully saturated rings. The molecule has 4 aromatic carbocycles. The van der Waals surface area contributed by atoms with E-state index < -0.39 is 0 Å². The molecule has 40 heavy (non-hydrogen) atoms. The zero-order valence-corrected chi connectivity index (χ0v) is 22.6. The topological polar surface area (TPSA) is 43.9 Å². The van der Waals surface area contributed by atoms with Crippen molar-refractivity contribution in [3.05, 3.63) is 121 Å².